The van der Waals surface area contributed by atoms with Crippen LogP contribution in [0.15, 0.2) is 35.2 Å². The van der Waals surface area contributed by atoms with Crippen molar-refractivity contribution in [2.24, 2.45) is 0 Å². The van der Waals surface area contributed by atoms with Crippen LogP contribution in [0.25, 0.3) is 0 Å². The van der Waals surface area contributed by atoms with Gasteiger partial charge in [0, 0.05) is 37.1 Å². The number of carbonyl (C=O) groups is 1. The summed E-state index contributed by atoms with van der Waals surface area (Å²) in [4.78, 5) is 26.3. The first-order valence-corrected chi connectivity index (χ1v) is 11.1. The van der Waals surface area contributed by atoms with E-state index in [1.54, 1.807) is 4.90 Å². The van der Waals surface area contributed by atoms with Gasteiger partial charge in [-0.05, 0) is 31.0 Å². The van der Waals surface area contributed by atoms with Crippen LogP contribution in [0.2, 0.25) is 0 Å². The third-order valence-electron chi connectivity index (χ3n) is 4.76. The fourth-order valence-corrected chi connectivity index (χ4v) is 5.89. The van der Waals surface area contributed by atoms with Gasteiger partial charge in [0.05, 0.1) is 9.80 Å². The summed E-state index contributed by atoms with van der Waals surface area (Å²) in [7, 11) is -4.00. The summed E-state index contributed by atoms with van der Waals surface area (Å²) in [6, 6.07) is 7.19. The zero-order chi connectivity index (χ0) is 20.5. The third-order valence-corrected chi connectivity index (χ3v) is 8.07. The van der Waals surface area contributed by atoms with Crippen LogP contribution in [0.4, 0.5) is 5.69 Å². The van der Waals surface area contributed by atoms with Gasteiger partial charge in [-0.15, -0.1) is 11.3 Å². The van der Waals surface area contributed by atoms with Crippen molar-refractivity contribution >= 4 is 33.0 Å². The van der Waals surface area contributed by atoms with Crippen LogP contribution in [-0.4, -0.2) is 54.6 Å². The number of nitro benzene ring substituents is 1. The lowest BCUT2D eigenvalue weighted by atomic mass is 10.2. The molecule has 1 aromatic heterocycles. The Morgan fingerprint density at radius 3 is 2.43 bits per heavy atom. The standard InChI is InChI=1S/C18H21N3O5S2/c1-3-15-13(2)12-16(27-15)18(22)19-8-10-20(11-9-19)28(25,26)17-7-5-4-6-14(17)21(23)24/h4-7,12H,3,8-11H2,1-2H3. The molecule has 1 aromatic carbocycles. The molecule has 1 saturated heterocycles. The van der Waals surface area contributed by atoms with E-state index in [9.17, 15) is 23.3 Å². The minimum atomic E-state index is -4.00. The number of benzene rings is 1. The maximum absolute atomic E-state index is 12.9. The summed E-state index contributed by atoms with van der Waals surface area (Å²) in [5.41, 5.74) is 0.649. The number of nitrogens with zero attached hydrogens (tertiary/aromatic N) is 3. The van der Waals surface area contributed by atoms with Crippen molar-refractivity contribution < 1.29 is 18.1 Å². The molecule has 0 bridgehead atoms. The first-order valence-electron chi connectivity index (χ1n) is 8.88. The van der Waals surface area contributed by atoms with Gasteiger partial charge in [-0.2, -0.15) is 4.31 Å². The number of aryl methyl sites for hydroxylation is 2. The van der Waals surface area contributed by atoms with Crippen molar-refractivity contribution in [3.63, 3.8) is 0 Å². The van der Waals surface area contributed by atoms with Crippen LogP contribution in [0, 0.1) is 17.0 Å². The molecule has 2 aromatic rings. The zero-order valence-corrected chi connectivity index (χ0v) is 17.3. The highest BCUT2D eigenvalue weighted by Gasteiger charge is 2.34. The second-order valence-corrected chi connectivity index (χ2v) is 9.53. The molecule has 28 heavy (non-hydrogen) atoms. The Balaban J connectivity index is 1.74. The van der Waals surface area contributed by atoms with Crippen LogP contribution in [-0.2, 0) is 16.4 Å². The predicted octanol–water partition coefficient (Wildman–Crippen LogP) is 2.67. The van der Waals surface area contributed by atoms with Gasteiger partial charge in [-0.1, -0.05) is 19.1 Å². The highest BCUT2D eigenvalue weighted by atomic mass is 32.2. The molecule has 0 spiro atoms. The van der Waals surface area contributed by atoms with Gasteiger partial charge < -0.3 is 4.90 Å². The molecule has 2 heterocycles. The lowest BCUT2D eigenvalue weighted by Gasteiger charge is -2.33. The normalized spacial score (nSPS) is 15.6. The summed E-state index contributed by atoms with van der Waals surface area (Å²) >= 11 is 1.47. The van der Waals surface area contributed by atoms with E-state index in [1.165, 1.54) is 44.8 Å². The van der Waals surface area contributed by atoms with Crippen molar-refractivity contribution in [3.05, 3.63) is 55.8 Å². The number of para-hydroxylation sites is 1. The topological polar surface area (TPSA) is 101 Å². The van der Waals surface area contributed by atoms with E-state index in [-0.39, 0.29) is 37.0 Å². The van der Waals surface area contributed by atoms with Gasteiger partial charge in [-0.25, -0.2) is 8.42 Å². The molecular formula is C18H21N3O5S2. The highest BCUT2D eigenvalue weighted by Crippen LogP contribution is 2.28. The van der Waals surface area contributed by atoms with Crippen molar-refractivity contribution in [1.82, 2.24) is 9.21 Å². The number of carbonyl (C=O) groups excluding carboxylic acids is 1. The van der Waals surface area contributed by atoms with E-state index in [4.69, 9.17) is 0 Å². The minimum absolute atomic E-state index is 0.101. The molecule has 8 nitrogen and oxygen atoms in total. The number of amides is 1. The second-order valence-electron chi connectivity index (χ2n) is 6.49. The van der Waals surface area contributed by atoms with Crippen molar-refractivity contribution in [3.8, 4) is 0 Å². The van der Waals surface area contributed by atoms with Gasteiger partial charge in [0.1, 0.15) is 0 Å². The molecule has 0 atom stereocenters. The second kappa shape index (κ2) is 7.98. The Bertz CT molecular complexity index is 1010. The molecule has 0 radical (unpaired) electrons. The Kier molecular flexibility index (Phi) is 5.82. The van der Waals surface area contributed by atoms with E-state index < -0.39 is 20.6 Å². The molecule has 1 aliphatic heterocycles. The quantitative estimate of drug-likeness (QED) is 0.544. The summed E-state index contributed by atoms with van der Waals surface area (Å²) in [5, 5.41) is 11.2. The minimum Gasteiger partial charge on any atom is -0.335 e. The SMILES string of the molecule is CCc1sc(C(=O)N2CCN(S(=O)(=O)c3ccccc3[N+](=O)[O-])CC2)cc1C. The largest absolute Gasteiger partial charge is 0.335 e. The van der Waals surface area contributed by atoms with E-state index >= 15 is 0 Å². The van der Waals surface area contributed by atoms with Crippen molar-refractivity contribution in [2.75, 3.05) is 26.2 Å². The first kappa shape index (κ1) is 20.4. The highest BCUT2D eigenvalue weighted by molar-refractivity contribution is 7.89. The first-order chi connectivity index (χ1) is 13.3. The Morgan fingerprint density at radius 2 is 1.86 bits per heavy atom. The Hall–Kier alpha value is -2.30. The molecular weight excluding hydrogens is 402 g/mol. The predicted molar refractivity (Wildman–Crippen MR) is 106 cm³/mol. The van der Waals surface area contributed by atoms with Gasteiger partial charge in [0.2, 0.25) is 10.0 Å². The monoisotopic (exact) mass is 423 g/mol. The maximum Gasteiger partial charge on any atom is 0.289 e. The molecule has 1 aliphatic rings. The summed E-state index contributed by atoms with van der Waals surface area (Å²) in [5.74, 6) is -0.101. The van der Waals surface area contributed by atoms with Crippen LogP contribution < -0.4 is 0 Å². The van der Waals surface area contributed by atoms with E-state index in [0.717, 1.165) is 12.0 Å². The van der Waals surface area contributed by atoms with Crippen molar-refractivity contribution in [2.45, 2.75) is 25.2 Å². The Morgan fingerprint density at radius 1 is 1.21 bits per heavy atom. The number of rotatable bonds is 5. The molecule has 0 unspecified atom stereocenters. The molecule has 3 rings (SSSR count). The van der Waals surface area contributed by atoms with Gasteiger partial charge >= 0.3 is 0 Å². The third kappa shape index (κ3) is 3.80. The molecule has 0 saturated carbocycles. The van der Waals surface area contributed by atoms with E-state index in [2.05, 4.69) is 0 Å². The lowest BCUT2D eigenvalue weighted by Crippen LogP contribution is -2.50. The van der Waals surface area contributed by atoms with Gasteiger partial charge in [0.15, 0.2) is 4.90 Å². The molecule has 0 N–H and O–H groups in total. The fourth-order valence-electron chi connectivity index (χ4n) is 3.23. The van der Waals surface area contributed by atoms with Crippen LogP contribution >= 0.6 is 11.3 Å². The van der Waals surface area contributed by atoms with E-state index in [1.807, 2.05) is 19.9 Å². The zero-order valence-electron chi connectivity index (χ0n) is 15.6. The van der Waals surface area contributed by atoms with Gasteiger partial charge in [-0.3, -0.25) is 14.9 Å². The average molecular weight is 424 g/mol. The maximum atomic E-state index is 12.9. The van der Waals surface area contributed by atoms with Crippen LogP contribution in [0.5, 0.6) is 0 Å². The molecule has 1 fully saturated rings. The van der Waals surface area contributed by atoms with Crippen LogP contribution in [0.1, 0.15) is 27.0 Å². The number of piperazine rings is 1. The number of nitro groups is 1. The van der Waals surface area contributed by atoms with Crippen molar-refractivity contribution in [1.29, 1.82) is 0 Å². The Labute approximate surface area is 167 Å². The summed E-state index contributed by atoms with van der Waals surface area (Å²) in [6.45, 7) is 4.72. The molecule has 0 aliphatic carbocycles. The lowest BCUT2D eigenvalue weighted by molar-refractivity contribution is -0.387. The van der Waals surface area contributed by atoms with Crippen LogP contribution in [0.3, 0.4) is 0 Å². The summed E-state index contributed by atoms with van der Waals surface area (Å²) in [6.07, 6.45) is 0.867. The number of hydrogen-bond donors (Lipinski definition) is 0. The number of hydrogen-bond acceptors (Lipinski definition) is 6. The fraction of sp³-hybridized carbons (Fsp3) is 0.389. The number of thiophene rings is 1. The molecule has 150 valence electrons. The van der Waals surface area contributed by atoms with E-state index in [0.29, 0.717) is 4.88 Å². The smallest absolute Gasteiger partial charge is 0.289 e. The van der Waals surface area contributed by atoms with Gasteiger partial charge in [0.25, 0.3) is 11.6 Å². The summed E-state index contributed by atoms with van der Waals surface area (Å²) < 4.78 is 26.9. The number of sulfonamides is 1. The molecule has 10 heteroatoms. The average Bonchev–Trinajstić information content (AvgIpc) is 3.08. The molecule has 1 amide bonds.